The van der Waals surface area contributed by atoms with Crippen molar-refractivity contribution in [2.75, 3.05) is 11.5 Å². The second-order valence-electron chi connectivity index (χ2n) is 4.27. The van der Waals surface area contributed by atoms with Crippen LogP contribution in [-0.4, -0.2) is 13.2 Å². The van der Waals surface area contributed by atoms with E-state index < -0.39 is 13.2 Å². The molecular formula is C14H12F4N2O2. The number of ether oxygens (including phenoxy) is 2. The van der Waals surface area contributed by atoms with Crippen LogP contribution in [0.25, 0.3) is 11.1 Å². The molecule has 0 aliphatic carbocycles. The third kappa shape index (κ3) is 3.72. The van der Waals surface area contributed by atoms with E-state index in [1.807, 2.05) is 0 Å². The van der Waals surface area contributed by atoms with Gasteiger partial charge in [-0.25, -0.2) is 0 Å². The van der Waals surface area contributed by atoms with Gasteiger partial charge < -0.3 is 20.9 Å². The fourth-order valence-electron chi connectivity index (χ4n) is 1.87. The molecule has 0 bridgehead atoms. The number of rotatable bonds is 5. The number of alkyl halides is 4. The molecule has 118 valence electrons. The molecule has 0 atom stereocenters. The van der Waals surface area contributed by atoms with Crippen molar-refractivity contribution in [1.29, 1.82) is 0 Å². The van der Waals surface area contributed by atoms with Crippen molar-refractivity contribution in [2.24, 2.45) is 0 Å². The third-order valence-corrected chi connectivity index (χ3v) is 2.76. The molecule has 2 aromatic rings. The van der Waals surface area contributed by atoms with Gasteiger partial charge in [-0.2, -0.15) is 17.6 Å². The Labute approximate surface area is 123 Å². The zero-order valence-corrected chi connectivity index (χ0v) is 11.1. The molecule has 0 saturated heterocycles. The van der Waals surface area contributed by atoms with Crippen LogP contribution in [0.4, 0.5) is 28.9 Å². The van der Waals surface area contributed by atoms with E-state index in [2.05, 4.69) is 9.47 Å². The molecule has 2 rings (SSSR count). The number of nitrogen functional groups attached to an aromatic ring is 2. The Morgan fingerprint density at radius 2 is 1.41 bits per heavy atom. The second kappa shape index (κ2) is 6.42. The van der Waals surface area contributed by atoms with Crippen LogP contribution >= 0.6 is 0 Å². The van der Waals surface area contributed by atoms with Crippen molar-refractivity contribution in [3.63, 3.8) is 0 Å². The van der Waals surface area contributed by atoms with E-state index in [-0.39, 0.29) is 28.4 Å². The average Bonchev–Trinajstić information content (AvgIpc) is 2.40. The summed E-state index contributed by atoms with van der Waals surface area (Å²) in [6.45, 7) is -6.10. The van der Waals surface area contributed by atoms with Crippen LogP contribution in [-0.2, 0) is 0 Å². The lowest BCUT2D eigenvalue weighted by Gasteiger charge is -2.14. The summed E-state index contributed by atoms with van der Waals surface area (Å²) in [7, 11) is 0. The van der Waals surface area contributed by atoms with Crippen molar-refractivity contribution in [1.82, 2.24) is 0 Å². The maximum atomic E-state index is 12.5. The SMILES string of the molecule is Nc1ccc(-c2ccc(N)c(OC(F)F)c2)c(OC(F)F)c1. The summed E-state index contributed by atoms with van der Waals surface area (Å²) in [5, 5.41) is 0. The maximum absolute atomic E-state index is 12.5. The lowest BCUT2D eigenvalue weighted by molar-refractivity contribution is -0.0496. The number of anilines is 2. The van der Waals surface area contributed by atoms with Gasteiger partial charge in [-0.3, -0.25) is 0 Å². The van der Waals surface area contributed by atoms with Gasteiger partial charge in [-0.1, -0.05) is 6.07 Å². The molecule has 0 aliphatic rings. The fourth-order valence-corrected chi connectivity index (χ4v) is 1.87. The minimum atomic E-state index is -3.05. The largest absolute Gasteiger partial charge is 0.434 e. The molecule has 2 aromatic carbocycles. The highest BCUT2D eigenvalue weighted by atomic mass is 19.3. The molecule has 4 N–H and O–H groups in total. The Morgan fingerprint density at radius 3 is 2.05 bits per heavy atom. The van der Waals surface area contributed by atoms with Gasteiger partial charge in [0.2, 0.25) is 0 Å². The quantitative estimate of drug-likeness (QED) is 0.651. The lowest BCUT2D eigenvalue weighted by atomic mass is 10.0. The van der Waals surface area contributed by atoms with Crippen molar-refractivity contribution in [3.05, 3.63) is 36.4 Å². The molecule has 8 heteroatoms. The molecule has 22 heavy (non-hydrogen) atoms. The van der Waals surface area contributed by atoms with E-state index >= 15 is 0 Å². The summed E-state index contributed by atoms with van der Waals surface area (Å²) in [6.07, 6.45) is 0. The van der Waals surface area contributed by atoms with Crippen LogP contribution in [0.1, 0.15) is 0 Å². The highest BCUT2D eigenvalue weighted by Gasteiger charge is 2.15. The first-order valence-corrected chi connectivity index (χ1v) is 6.06. The van der Waals surface area contributed by atoms with Gasteiger partial charge in [0.1, 0.15) is 11.5 Å². The predicted octanol–water partition coefficient (Wildman–Crippen LogP) is 3.72. The van der Waals surface area contributed by atoms with E-state index in [9.17, 15) is 17.6 Å². The van der Waals surface area contributed by atoms with Crippen LogP contribution < -0.4 is 20.9 Å². The van der Waals surface area contributed by atoms with E-state index in [1.165, 1.54) is 36.4 Å². The minimum absolute atomic E-state index is 0.00387. The number of hydrogen-bond acceptors (Lipinski definition) is 4. The third-order valence-electron chi connectivity index (χ3n) is 2.76. The van der Waals surface area contributed by atoms with Gasteiger partial charge in [0.25, 0.3) is 0 Å². The first-order valence-electron chi connectivity index (χ1n) is 6.06. The molecule has 0 amide bonds. The highest BCUT2D eigenvalue weighted by Crippen LogP contribution is 2.36. The van der Waals surface area contributed by atoms with Gasteiger partial charge in [0, 0.05) is 17.3 Å². The Hall–Kier alpha value is -2.64. The molecule has 0 heterocycles. The Morgan fingerprint density at radius 1 is 0.773 bits per heavy atom. The Balaban J connectivity index is 2.47. The normalized spacial score (nSPS) is 11.0. The molecule has 0 aliphatic heterocycles. The highest BCUT2D eigenvalue weighted by molar-refractivity contribution is 5.76. The molecule has 0 aromatic heterocycles. The average molecular weight is 316 g/mol. The molecule has 0 fully saturated rings. The maximum Gasteiger partial charge on any atom is 0.387 e. The van der Waals surface area contributed by atoms with Gasteiger partial charge in [-0.05, 0) is 29.8 Å². The second-order valence-corrected chi connectivity index (χ2v) is 4.27. The van der Waals surface area contributed by atoms with Crippen molar-refractivity contribution in [2.45, 2.75) is 13.2 Å². The number of nitrogens with two attached hydrogens (primary N) is 2. The predicted molar refractivity (Wildman–Crippen MR) is 74.0 cm³/mol. The van der Waals surface area contributed by atoms with E-state index in [0.717, 1.165) is 0 Å². The van der Waals surface area contributed by atoms with E-state index in [4.69, 9.17) is 11.5 Å². The van der Waals surface area contributed by atoms with Gasteiger partial charge >= 0.3 is 13.2 Å². The van der Waals surface area contributed by atoms with Gasteiger partial charge in [-0.15, -0.1) is 0 Å². The van der Waals surface area contributed by atoms with Crippen molar-refractivity contribution < 1.29 is 27.0 Å². The van der Waals surface area contributed by atoms with Crippen molar-refractivity contribution >= 4 is 11.4 Å². The fraction of sp³-hybridized carbons (Fsp3) is 0.143. The van der Waals surface area contributed by atoms with Crippen LogP contribution in [0, 0.1) is 0 Å². The number of benzene rings is 2. The summed E-state index contributed by atoms with van der Waals surface area (Å²) < 4.78 is 58.2. The molecular weight excluding hydrogens is 304 g/mol. The monoisotopic (exact) mass is 316 g/mol. The van der Waals surface area contributed by atoms with Gasteiger partial charge in [0.05, 0.1) is 5.69 Å². The smallest absolute Gasteiger partial charge is 0.387 e. The van der Waals surface area contributed by atoms with Crippen LogP contribution in [0.5, 0.6) is 11.5 Å². The standard InChI is InChI=1S/C14H12F4N2O2/c15-13(16)21-11-6-8(19)2-3-9(11)7-1-4-10(20)12(5-7)22-14(17)18/h1-6,13-14H,19-20H2. The lowest BCUT2D eigenvalue weighted by Crippen LogP contribution is -2.05. The number of hydrogen-bond donors (Lipinski definition) is 2. The number of halogens is 4. The van der Waals surface area contributed by atoms with Crippen LogP contribution in [0.3, 0.4) is 0 Å². The first kappa shape index (κ1) is 15.7. The molecule has 4 nitrogen and oxygen atoms in total. The van der Waals surface area contributed by atoms with Gasteiger partial charge in [0.15, 0.2) is 0 Å². The zero-order chi connectivity index (χ0) is 16.3. The summed E-state index contributed by atoms with van der Waals surface area (Å²) in [5.41, 5.74) is 11.8. The Kier molecular flexibility index (Phi) is 4.59. The van der Waals surface area contributed by atoms with E-state index in [1.54, 1.807) is 0 Å². The summed E-state index contributed by atoms with van der Waals surface area (Å²) in [5.74, 6) is -0.435. The van der Waals surface area contributed by atoms with Crippen LogP contribution in [0.15, 0.2) is 36.4 Å². The molecule has 0 saturated carbocycles. The molecule has 0 spiro atoms. The minimum Gasteiger partial charge on any atom is -0.434 e. The summed E-state index contributed by atoms with van der Waals surface area (Å²) >= 11 is 0. The summed E-state index contributed by atoms with van der Waals surface area (Å²) in [4.78, 5) is 0. The van der Waals surface area contributed by atoms with Crippen LogP contribution in [0.2, 0.25) is 0 Å². The summed E-state index contributed by atoms with van der Waals surface area (Å²) in [6, 6.07) is 8.13. The molecule has 0 radical (unpaired) electrons. The molecule has 0 unspecified atom stereocenters. The first-order chi connectivity index (χ1) is 10.4. The topological polar surface area (TPSA) is 70.5 Å². The van der Waals surface area contributed by atoms with Crippen molar-refractivity contribution in [3.8, 4) is 22.6 Å². The Bertz CT molecular complexity index is 665. The zero-order valence-electron chi connectivity index (χ0n) is 11.1. The van der Waals surface area contributed by atoms with E-state index in [0.29, 0.717) is 5.56 Å².